The van der Waals surface area contributed by atoms with Gasteiger partial charge >= 0.3 is 6.18 Å². The molecule has 0 saturated carbocycles. The quantitative estimate of drug-likeness (QED) is 0.456. The van der Waals surface area contributed by atoms with Crippen LogP contribution in [0.25, 0.3) is 10.9 Å². The van der Waals surface area contributed by atoms with E-state index in [9.17, 15) is 18.0 Å². The van der Waals surface area contributed by atoms with Crippen LogP contribution < -0.4 is 10.1 Å². The molecule has 0 bridgehead atoms. The summed E-state index contributed by atoms with van der Waals surface area (Å²) in [5, 5.41) is 8.01. The van der Waals surface area contributed by atoms with Gasteiger partial charge in [-0.05, 0) is 36.8 Å². The van der Waals surface area contributed by atoms with Crippen LogP contribution in [0, 0.1) is 6.92 Å². The van der Waals surface area contributed by atoms with Crippen LogP contribution >= 0.6 is 0 Å². The van der Waals surface area contributed by atoms with E-state index in [0.717, 1.165) is 10.9 Å². The molecular weight excluding hydrogens is 437 g/mol. The first-order chi connectivity index (χ1) is 15.8. The predicted molar refractivity (Wildman–Crippen MR) is 114 cm³/mol. The summed E-state index contributed by atoms with van der Waals surface area (Å²) in [7, 11) is 0. The van der Waals surface area contributed by atoms with Gasteiger partial charge in [0.25, 0.3) is 0 Å². The van der Waals surface area contributed by atoms with Gasteiger partial charge in [0.1, 0.15) is 0 Å². The summed E-state index contributed by atoms with van der Waals surface area (Å²) in [5.74, 6) is -0.294. The standard InChI is InChI=1S/C22H19F3N6O2/c1-14-7-15(9-28-21(14)33-13-22(23,24)25)11-31-12-17-18(30-31)4-6-27-19(17)8-20(32)29-16-3-2-5-26-10-16/h2-7,9-10,12H,8,11,13H2,1H3,(H,29,32). The third-order valence-electron chi connectivity index (χ3n) is 4.64. The van der Waals surface area contributed by atoms with Crippen molar-refractivity contribution in [3.05, 3.63) is 72.1 Å². The largest absolute Gasteiger partial charge is 0.468 e. The first-order valence-electron chi connectivity index (χ1n) is 9.93. The first kappa shape index (κ1) is 22.2. The number of nitrogens with zero attached hydrogens (tertiary/aromatic N) is 5. The molecule has 0 radical (unpaired) electrons. The second kappa shape index (κ2) is 9.23. The van der Waals surface area contributed by atoms with Gasteiger partial charge < -0.3 is 10.1 Å². The molecule has 0 aliphatic rings. The molecule has 0 aliphatic carbocycles. The number of hydrogen-bond donors (Lipinski definition) is 1. The number of anilines is 1. The Morgan fingerprint density at radius 2 is 2.03 bits per heavy atom. The number of aromatic nitrogens is 5. The van der Waals surface area contributed by atoms with Gasteiger partial charge in [-0.15, -0.1) is 0 Å². The van der Waals surface area contributed by atoms with Crippen LogP contribution in [0.5, 0.6) is 5.88 Å². The average Bonchev–Trinajstić information content (AvgIpc) is 3.16. The Morgan fingerprint density at radius 1 is 1.18 bits per heavy atom. The highest BCUT2D eigenvalue weighted by molar-refractivity contribution is 5.94. The molecule has 4 heterocycles. The molecule has 1 N–H and O–H groups in total. The maximum absolute atomic E-state index is 12.4. The Labute approximate surface area is 186 Å². The summed E-state index contributed by atoms with van der Waals surface area (Å²) in [6.07, 6.45) is 3.62. The van der Waals surface area contributed by atoms with Crippen molar-refractivity contribution in [1.29, 1.82) is 0 Å². The second-order valence-electron chi connectivity index (χ2n) is 7.35. The molecule has 0 unspecified atom stereocenters. The normalized spacial score (nSPS) is 11.5. The van der Waals surface area contributed by atoms with E-state index >= 15 is 0 Å². The maximum atomic E-state index is 12.4. The lowest BCUT2D eigenvalue weighted by atomic mass is 10.2. The Morgan fingerprint density at radius 3 is 2.76 bits per heavy atom. The number of rotatable bonds is 7. The molecule has 0 aromatic carbocycles. The molecule has 11 heteroatoms. The van der Waals surface area contributed by atoms with E-state index in [0.29, 0.717) is 29.0 Å². The zero-order chi connectivity index (χ0) is 23.4. The number of carbonyl (C=O) groups is 1. The monoisotopic (exact) mass is 456 g/mol. The lowest BCUT2D eigenvalue weighted by molar-refractivity contribution is -0.154. The second-order valence-corrected chi connectivity index (χ2v) is 7.35. The minimum absolute atomic E-state index is 0.0594. The third-order valence-corrected chi connectivity index (χ3v) is 4.64. The van der Waals surface area contributed by atoms with Gasteiger partial charge in [-0.2, -0.15) is 18.3 Å². The Kier molecular flexibility index (Phi) is 6.20. The molecule has 0 fully saturated rings. The third kappa shape index (κ3) is 5.82. The lowest BCUT2D eigenvalue weighted by Crippen LogP contribution is -2.20. The van der Waals surface area contributed by atoms with Crippen molar-refractivity contribution in [2.75, 3.05) is 11.9 Å². The highest BCUT2D eigenvalue weighted by Gasteiger charge is 2.29. The highest BCUT2D eigenvalue weighted by Crippen LogP contribution is 2.22. The van der Waals surface area contributed by atoms with Gasteiger partial charge in [-0.1, -0.05) is 0 Å². The summed E-state index contributed by atoms with van der Waals surface area (Å²) in [5.41, 5.74) is 3.07. The summed E-state index contributed by atoms with van der Waals surface area (Å²) in [6.45, 7) is 0.572. The number of fused-ring (bicyclic) bond motifs is 1. The lowest BCUT2D eigenvalue weighted by Gasteiger charge is -2.11. The molecule has 0 atom stereocenters. The van der Waals surface area contributed by atoms with E-state index in [2.05, 4.69) is 25.4 Å². The topological polar surface area (TPSA) is 94.8 Å². The zero-order valence-corrected chi connectivity index (χ0v) is 17.5. The van der Waals surface area contributed by atoms with E-state index in [-0.39, 0.29) is 18.2 Å². The number of halogens is 3. The number of alkyl halides is 3. The molecule has 33 heavy (non-hydrogen) atoms. The van der Waals surface area contributed by atoms with Crippen molar-refractivity contribution in [3.63, 3.8) is 0 Å². The fourth-order valence-corrected chi connectivity index (χ4v) is 3.26. The molecule has 0 saturated heterocycles. The Balaban J connectivity index is 1.47. The van der Waals surface area contributed by atoms with Crippen molar-refractivity contribution in [2.24, 2.45) is 0 Å². The summed E-state index contributed by atoms with van der Waals surface area (Å²) in [6, 6.07) is 6.91. The molecule has 4 aromatic rings. The fourth-order valence-electron chi connectivity index (χ4n) is 3.26. The van der Waals surface area contributed by atoms with Gasteiger partial charge in [-0.3, -0.25) is 19.4 Å². The van der Waals surface area contributed by atoms with Crippen molar-refractivity contribution >= 4 is 22.5 Å². The summed E-state index contributed by atoms with van der Waals surface area (Å²) in [4.78, 5) is 24.7. The molecule has 4 rings (SSSR count). The SMILES string of the molecule is Cc1cc(Cn2cc3c(CC(=O)Nc4cccnc4)nccc3n2)cnc1OCC(F)(F)F. The molecular formula is C22H19F3N6O2. The predicted octanol–water partition coefficient (Wildman–Crippen LogP) is 3.70. The minimum atomic E-state index is -4.43. The van der Waals surface area contributed by atoms with E-state index in [1.807, 2.05) is 0 Å². The maximum Gasteiger partial charge on any atom is 0.422 e. The van der Waals surface area contributed by atoms with Crippen LogP contribution in [0.1, 0.15) is 16.8 Å². The molecule has 0 spiro atoms. The van der Waals surface area contributed by atoms with E-state index in [1.54, 1.807) is 60.7 Å². The summed E-state index contributed by atoms with van der Waals surface area (Å²) < 4.78 is 43.5. The van der Waals surface area contributed by atoms with Crippen LogP contribution in [-0.2, 0) is 17.8 Å². The van der Waals surface area contributed by atoms with Gasteiger partial charge in [0.15, 0.2) is 6.61 Å². The van der Waals surface area contributed by atoms with Gasteiger partial charge in [0.2, 0.25) is 11.8 Å². The van der Waals surface area contributed by atoms with Gasteiger partial charge in [-0.25, -0.2) is 4.98 Å². The van der Waals surface area contributed by atoms with Crippen LogP contribution in [0.15, 0.2) is 55.2 Å². The minimum Gasteiger partial charge on any atom is -0.468 e. The average molecular weight is 456 g/mol. The summed E-state index contributed by atoms with van der Waals surface area (Å²) >= 11 is 0. The smallest absolute Gasteiger partial charge is 0.422 e. The number of amides is 1. The van der Waals surface area contributed by atoms with E-state index in [1.165, 1.54) is 6.20 Å². The molecule has 0 aliphatic heterocycles. The Hall–Kier alpha value is -4.02. The van der Waals surface area contributed by atoms with E-state index in [4.69, 9.17) is 4.74 Å². The van der Waals surface area contributed by atoms with Crippen molar-refractivity contribution < 1.29 is 22.7 Å². The number of carbonyl (C=O) groups excluding carboxylic acids is 1. The van der Waals surface area contributed by atoms with Crippen molar-refractivity contribution in [2.45, 2.75) is 26.1 Å². The number of pyridine rings is 3. The Bertz CT molecular complexity index is 1270. The number of aryl methyl sites for hydroxylation is 1. The first-order valence-corrected chi connectivity index (χ1v) is 9.93. The van der Waals surface area contributed by atoms with Gasteiger partial charge in [0, 0.05) is 35.7 Å². The highest BCUT2D eigenvalue weighted by atomic mass is 19.4. The van der Waals surface area contributed by atoms with Crippen LogP contribution in [-0.4, -0.2) is 43.4 Å². The van der Waals surface area contributed by atoms with Crippen LogP contribution in [0.4, 0.5) is 18.9 Å². The van der Waals surface area contributed by atoms with E-state index < -0.39 is 12.8 Å². The van der Waals surface area contributed by atoms with Crippen molar-refractivity contribution in [3.8, 4) is 5.88 Å². The molecule has 170 valence electrons. The van der Waals surface area contributed by atoms with Crippen molar-refractivity contribution in [1.82, 2.24) is 24.7 Å². The number of nitrogens with one attached hydrogen (secondary N) is 1. The molecule has 1 amide bonds. The zero-order valence-electron chi connectivity index (χ0n) is 17.5. The number of hydrogen-bond acceptors (Lipinski definition) is 6. The van der Waals surface area contributed by atoms with Crippen LogP contribution in [0.2, 0.25) is 0 Å². The molecule has 8 nitrogen and oxygen atoms in total. The van der Waals surface area contributed by atoms with Crippen LogP contribution in [0.3, 0.4) is 0 Å². The van der Waals surface area contributed by atoms with Gasteiger partial charge in [0.05, 0.1) is 36.1 Å². The number of ether oxygens (including phenoxy) is 1. The fraction of sp³-hybridized carbons (Fsp3) is 0.227. The molecule has 4 aromatic heterocycles.